The van der Waals surface area contributed by atoms with E-state index in [0.717, 1.165) is 12.1 Å². The van der Waals surface area contributed by atoms with Crippen LogP contribution in [0.15, 0.2) is 36.4 Å². The number of benzene rings is 2. The lowest BCUT2D eigenvalue weighted by Crippen LogP contribution is -2.01. The molecule has 0 fully saturated rings. The molecule has 2 nitrogen and oxygen atoms in total. The summed E-state index contributed by atoms with van der Waals surface area (Å²) in [7, 11) is 0. The largest absolute Gasteiger partial charge is 0.478 e. The molecule has 2 aromatic carbocycles. The first-order chi connectivity index (χ1) is 8.50. The first-order valence-corrected chi connectivity index (χ1v) is 5.29. The minimum atomic E-state index is -1.18. The fourth-order valence-electron chi connectivity index (χ4n) is 1.76. The third-order valence-electron chi connectivity index (χ3n) is 2.70. The molecule has 2 aromatic rings. The fourth-order valence-corrected chi connectivity index (χ4v) is 1.76. The number of halogens is 2. The summed E-state index contributed by atoms with van der Waals surface area (Å²) in [4.78, 5) is 11.0. The van der Waals surface area contributed by atoms with Crippen molar-refractivity contribution in [3.63, 3.8) is 0 Å². The lowest BCUT2D eigenvalue weighted by atomic mass is 9.98. The molecule has 2 rings (SSSR count). The summed E-state index contributed by atoms with van der Waals surface area (Å²) in [6.45, 7) is 1.45. The Morgan fingerprint density at radius 3 is 2.39 bits per heavy atom. The predicted molar refractivity (Wildman–Crippen MR) is 63.5 cm³/mol. The van der Waals surface area contributed by atoms with Crippen LogP contribution < -0.4 is 0 Å². The molecular formula is C14H10F2O2. The van der Waals surface area contributed by atoms with Gasteiger partial charge in [0.05, 0.1) is 5.56 Å². The van der Waals surface area contributed by atoms with E-state index < -0.39 is 17.6 Å². The van der Waals surface area contributed by atoms with Crippen molar-refractivity contribution in [2.24, 2.45) is 0 Å². The highest BCUT2D eigenvalue weighted by molar-refractivity contribution is 5.96. The Balaban J connectivity index is 2.69. The highest BCUT2D eigenvalue weighted by Crippen LogP contribution is 2.28. The van der Waals surface area contributed by atoms with Crippen molar-refractivity contribution in [3.05, 3.63) is 59.2 Å². The number of hydrogen-bond acceptors (Lipinski definition) is 1. The quantitative estimate of drug-likeness (QED) is 0.880. The summed E-state index contributed by atoms with van der Waals surface area (Å²) in [5.41, 5.74) is 0.251. The molecule has 0 heterocycles. The highest BCUT2D eigenvalue weighted by atomic mass is 19.1. The standard InChI is InChI=1S/C14H10F2O2/c1-8-6-13(16)11(7-12(8)15)9-4-2-3-5-10(9)14(17)18/h2-7H,1H3,(H,17,18). The van der Waals surface area contributed by atoms with Crippen molar-refractivity contribution in [3.8, 4) is 11.1 Å². The Kier molecular flexibility index (Phi) is 3.10. The van der Waals surface area contributed by atoms with E-state index in [0.29, 0.717) is 0 Å². The highest BCUT2D eigenvalue weighted by Gasteiger charge is 2.15. The minimum Gasteiger partial charge on any atom is -0.478 e. The number of carboxylic acid groups (broad SMARTS) is 1. The van der Waals surface area contributed by atoms with Crippen molar-refractivity contribution in [2.45, 2.75) is 6.92 Å². The van der Waals surface area contributed by atoms with E-state index in [-0.39, 0.29) is 22.3 Å². The molecule has 0 saturated heterocycles. The maximum Gasteiger partial charge on any atom is 0.336 e. The van der Waals surface area contributed by atoms with Gasteiger partial charge in [-0.1, -0.05) is 18.2 Å². The zero-order chi connectivity index (χ0) is 13.3. The molecule has 92 valence electrons. The monoisotopic (exact) mass is 248 g/mol. The number of carbonyl (C=O) groups is 1. The van der Waals surface area contributed by atoms with Crippen LogP contribution in [0.3, 0.4) is 0 Å². The van der Waals surface area contributed by atoms with Crippen LogP contribution in [0.25, 0.3) is 11.1 Å². The van der Waals surface area contributed by atoms with Gasteiger partial charge >= 0.3 is 5.97 Å². The predicted octanol–water partition coefficient (Wildman–Crippen LogP) is 3.64. The molecule has 18 heavy (non-hydrogen) atoms. The van der Waals surface area contributed by atoms with Crippen LogP contribution in [0.4, 0.5) is 8.78 Å². The average molecular weight is 248 g/mol. The number of hydrogen-bond donors (Lipinski definition) is 1. The van der Waals surface area contributed by atoms with Gasteiger partial charge in [0.25, 0.3) is 0 Å². The number of aromatic carboxylic acids is 1. The summed E-state index contributed by atoms with van der Waals surface area (Å²) in [5.74, 6) is -2.37. The molecule has 0 saturated carbocycles. The van der Waals surface area contributed by atoms with E-state index in [1.807, 2.05) is 0 Å². The molecule has 0 unspecified atom stereocenters. The van der Waals surface area contributed by atoms with Gasteiger partial charge in [-0.25, -0.2) is 13.6 Å². The molecule has 1 N–H and O–H groups in total. The normalized spacial score (nSPS) is 10.4. The van der Waals surface area contributed by atoms with Crippen molar-refractivity contribution in [1.29, 1.82) is 0 Å². The summed E-state index contributed by atoms with van der Waals surface area (Å²) in [6.07, 6.45) is 0. The van der Waals surface area contributed by atoms with Gasteiger partial charge in [-0.15, -0.1) is 0 Å². The number of aryl methyl sites for hydroxylation is 1. The van der Waals surface area contributed by atoms with Crippen molar-refractivity contribution < 1.29 is 18.7 Å². The average Bonchev–Trinajstić information content (AvgIpc) is 2.34. The van der Waals surface area contributed by atoms with Gasteiger partial charge in [0, 0.05) is 5.56 Å². The molecular weight excluding hydrogens is 238 g/mol. The maximum absolute atomic E-state index is 13.8. The van der Waals surface area contributed by atoms with Crippen LogP contribution >= 0.6 is 0 Å². The molecule has 0 aliphatic heterocycles. The lowest BCUT2D eigenvalue weighted by molar-refractivity contribution is 0.0697. The van der Waals surface area contributed by atoms with Gasteiger partial charge in [0.15, 0.2) is 0 Å². The lowest BCUT2D eigenvalue weighted by Gasteiger charge is -2.08. The van der Waals surface area contributed by atoms with E-state index >= 15 is 0 Å². The van der Waals surface area contributed by atoms with E-state index in [9.17, 15) is 13.6 Å². The molecule has 0 atom stereocenters. The smallest absolute Gasteiger partial charge is 0.336 e. The van der Waals surface area contributed by atoms with Gasteiger partial charge in [-0.05, 0) is 36.2 Å². The molecule has 0 bridgehead atoms. The maximum atomic E-state index is 13.8. The Morgan fingerprint density at radius 2 is 1.72 bits per heavy atom. The second-order valence-electron chi connectivity index (χ2n) is 3.93. The molecule has 4 heteroatoms. The van der Waals surface area contributed by atoms with E-state index in [1.54, 1.807) is 6.07 Å². The van der Waals surface area contributed by atoms with Crippen LogP contribution in [0.2, 0.25) is 0 Å². The van der Waals surface area contributed by atoms with E-state index in [2.05, 4.69) is 0 Å². The first-order valence-electron chi connectivity index (χ1n) is 5.29. The molecule has 0 amide bonds. The summed E-state index contributed by atoms with van der Waals surface area (Å²) in [5, 5.41) is 9.03. The number of carboxylic acids is 1. The van der Waals surface area contributed by atoms with Crippen LogP contribution in [0.5, 0.6) is 0 Å². The Bertz CT molecular complexity index is 621. The Labute approximate surface area is 103 Å². The molecule has 0 aliphatic carbocycles. The van der Waals surface area contributed by atoms with Crippen molar-refractivity contribution in [1.82, 2.24) is 0 Å². The minimum absolute atomic E-state index is 0.0453. The zero-order valence-electron chi connectivity index (χ0n) is 9.58. The van der Waals surface area contributed by atoms with Crippen LogP contribution in [0.1, 0.15) is 15.9 Å². The van der Waals surface area contributed by atoms with Crippen LogP contribution in [-0.4, -0.2) is 11.1 Å². The zero-order valence-corrected chi connectivity index (χ0v) is 9.58. The van der Waals surface area contributed by atoms with Crippen molar-refractivity contribution in [2.75, 3.05) is 0 Å². The topological polar surface area (TPSA) is 37.3 Å². The summed E-state index contributed by atoms with van der Waals surface area (Å²) < 4.78 is 27.3. The fraction of sp³-hybridized carbons (Fsp3) is 0.0714. The van der Waals surface area contributed by atoms with Gasteiger partial charge < -0.3 is 5.11 Å². The van der Waals surface area contributed by atoms with Gasteiger partial charge in [-0.2, -0.15) is 0 Å². The van der Waals surface area contributed by atoms with E-state index in [1.165, 1.54) is 25.1 Å². The molecule has 0 radical (unpaired) electrons. The first kappa shape index (κ1) is 12.2. The van der Waals surface area contributed by atoms with Crippen molar-refractivity contribution >= 4 is 5.97 Å². The van der Waals surface area contributed by atoms with Crippen LogP contribution in [0, 0.1) is 18.6 Å². The molecule has 0 aliphatic rings. The Morgan fingerprint density at radius 1 is 1.06 bits per heavy atom. The third kappa shape index (κ3) is 2.09. The summed E-state index contributed by atoms with van der Waals surface area (Å²) >= 11 is 0. The van der Waals surface area contributed by atoms with Gasteiger partial charge in [-0.3, -0.25) is 0 Å². The molecule has 0 aromatic heterocycles. The third-order valence-corrected chi connectivity index (χ3v) is 2.70. The second kappa shape index (κ2) is 4.56. The second-order valence-corrected chi connectivity index (χ2v) is 3.93. The van der Waals surface area contributed by atoms with Gasteiger partial charge in [0.2, 0.25) is 0 Å². The number of rotatable bonds is 2. The van der Waals surface area contributed by atoms with Gasteiger partial charge in [0.1, 0.15) is 11.6 Å². The summed E-state index contributed by atoms with van der Waals surface area (Å²) in [6, 6.07) is 8.01. The van der Waals surface area contributed by atoms with Crippen LogP contribution in [-0.2, 0) is 0 Å². The van der Waals surface area contributed by atoms with E-state index in [4.69, 9.17) is 5.11 Å². The molecule has 0 spiro atoms. The SMILES string of the molecule is Cc1cc(F)c(-c2ccccc2C(=O)O)cc1F. The Hall–Kier alpha value is -2.23.